The smallest absolute Gasteiger partial charge is 0.128 e. The summed E-state index contributed by atoms with van der Waals surface area (Å²) < 4.78 is 0. The molecule has 0 amide bonds. The van der Waals surface area contributed by atoms with Crippen LogP contribution >= 0.6 is 0 Å². The van der Waals surface area contributed by atoms with Gasteiger partial charge in [-0.25, -0.2) is 4.98 Å². The summed E-state index contributed by atoms with van der Waals surface area (Å²) in [5.74, 6) is 0.708. The van der Waals surface area contributed by atoms with Gasteiger partial charge in [-0.2, -0.15) is 0 Å². The quantitative estimate of drug-likeness (QED) is 0.666. The molecule has 0 aliphatic rings. The van der Waals surface area contributed by atoms with Crippen LogP contribution in [0.5, 0.6) is 0 Å². The summed E-state index contributed by atoms with van der Waals surface area (Å²) in [6.45, 7) is 3.98. The summed E-state index contributed by atoms with van der Waals surface area (Å²) in [4.78, 5) is 3.99. The third kappa shape index (κ3) is 2.21. The van der Waals surface area contributed by atoms with E-state index in [0.717, 1.165) is 5.56 Å². The molecule has 4 heteroatoms. The molecule has 0 aliphatic carbocycles. The molecule has 14 heavy (non-hydrogen) atoms. The van der Waals surface area contributed by atoms with E-state index >= 15 is 0 Å². The highest BCUT2D eigenvalue weighted by atomic mass is 16.3. The number of rotatable bonds is 3. The summed E-state index contributed by atoms with van der Waals surface area (Å²) in [7, 11) is 0. The minimum atomic E-state index is -0.0997. The molecule has 0 aromatic carbocycles. The number of hydrogen-bond donors (Lipinski definition) is 3. The predicted octanol–water partition coefficient (Wildman–Crippen LogP) is 0.812. The van der Waals surface area contributed by atoms with Crippen molar-refractivity contribution in [2.24, 2.45) is 11.7 Å². The van der Waals surface area contributed by atoms with Crippen LogP contribution in [0, 0.1) is 5.92 Å². The van der Waals surface area contributed by atoms with Gasteiger partial charge in [-0.3, -0.25) is 0 Å². The molecule has 78 valence electrons. The molecule has 1 heterocycles. The Morgan fingerprint density at radius 3 is 2.64 bits per heavy atom. The zero-order valence-electron chi connectivity index (χ0n) is 8.57. The first-order chi connectivity index (χ1) is 6.56. The zero-order valence-corrected chi connectivity index (χ0v) is 8.57. The van der Waals surface area contributed by atoms with Gasteiger partial charge in [0.05, 0.1) is 6.61 Å². The average Bonchev–Trinajstić information content (AvgIpc) is 2.17. The van der Waals surface area contributed by atoms with Crippen molar-refractivity contribution in [1.82, 2.24) is 4.98 Å². The van der Waals surface area contributed by atoms with E-state index in [2.05, 4.69) is 4.98 Å². The first-order valence-electron chi connectivity index (χ1n) is 4.67. The minimum Gasteiger partial charge on any atom is -0.392 e. The Morgan fingerprint density at radius 1 is 1.50 bits per heavy atom. The summed E-state index contributed by atoms with van der Waals surface area (Å²) in [5.41, 5.74) is 13.1. The van der Waals surface area contributed by atoms with E-state index in [4.69, 9.17) is 16.6 Å². The lowest BCUT2D eigenvalue weighted by Gasteiger charge is -2.16. The van der Waals surface area contributed by atoms with Crippen LogP contribution in [0.1, 0.15) is 31.0 Å². The SMILES string of the molecule is CC(C)[C@H](N)c1cnc(N)c(CO)c1. The van der Waals surface area contributed by atoms with E-state index in [1.807, 2.05) is 19.9 Å². The molecule has 0 aliphatic heterocycles. The molecule has 1 aromatic rings. The molecule has 0 radical (unpaired) electrons. The lowest BCUT2D eigenvalue weighted by molar-refractivity contribution is 0.282. The minimum absolute atomic E-state index is 0.0617. The summed E-state index contributed by atoms with van der Waals surface area (Å²) in [6.07, 6.45) is 1.67. The standard InChI is InChI=1S/C10H17N3O/c1-6(2)9(11)7-3-8(5-14)10(12)13-4-7/h3-4,6,9,14H,5,11H2,1-2H3,(H2,12,13)/t9-/m0/s1. The molecule has 1 aromatic heterocycles. The van der Waals surface area contributed by atoms with Gasteiger partial charge in [-0.05, 0) is 17.5 Å². The number of nitrogen functional groups attached to an aromatic ring is 1. The molecule has 0 saturated heterocycles. The summed E-state index contributed by atoms with van der Waals surface area (Å²) in [5, 5.41) is 9.00. The largest absolute Gasteiger partial charge is 0.392 e. The molecule has 0 spiro atoms. The van der Waals surface area contributed by atoms with Crippen LogP contribution in [-0.4, -0.2) is 10.1 Å². The third-order valence-electron chi connectivity index (χ3n) is 2.30. The van der Waals surface area contributed by atoms with Gasteiger partial charge in [0.25, 0.3) is 0 Å². The molecule has 0 saturated carbocycles. The number of nitrogens with two attached hydrogens (primary N) is 2. The number of anilines is 1. The Kier molecular flexibility index (Phi) is 3.43. The zero-order chi connectivity index (χ0) is 10.7. The van der Waals surface area contributed by atoms with Crippen LogP contribution in [0.25, 0.3) is 0 Å². The maximum atomic E-state index is 9.00. The molecule has 0 unspecified atom stereocenters. The van der Waals surface area contributed by atoms with E-state index in [0.29, 0.717) is 17.3 Å². The Balaban J connectivity index is 3.00. The Labute approximate surface area is 83.9 Å². The first kappa shape index (κ1) is 10.9. The van der Waals surface area contributed by atoms with Crippen molar-refractivity contribution >= 4 is 5.82 Å². The number of hydrogen-bond acceptors (Lipinski definition) is 4. The van der Waals surface area contributed by atoms with Gasteiger partial charge in [0.2, 0.25) is 0 Å². The van der Waals surface area contributed by atoms with Crippen molar-refractivity contribution < 1.29 is 5.11 Å². The van der Waals surface area contributed by atoms with E-state index in [1.165, 1.54) is 0 Å². The highest BCUT2D eigenvalue weighted by Crippen LogP contribution is 2.20. The maximum absolute atomic E-state index is 9.00. The lowest BCUT2D eigenvalue weighted by atomic mass is 9.97. The van der Waals surface area contributed by atoms with Crippen LogP contribution in [0.15, 0.2) is 12.3 Å². The molecule has 1 rings (SSSR count). The number of nitrogens with zero attached hydrogens (tertiary/aromatic N) is 1. The fraction of sp³-hybridized carbons (Fsp3) is 0.500. The highest BCUT2D eigenvalue weighted by molar-refractivity contribution is 5.41. The number of aliphatic hydroxyl groups excluding tert-OH is 1. The molecule has 5 N–H and O–H groups in total. The van der Waals surface area contributed by atoms with Crippen molar-refractivity contribution in [3.8, 4) is 0 Å². The van der Waals surface area contributed by atoms with Crippen molar-refractivity contribution in [1.29, 1.82) is 0 Å². The van der Waals surface area contributed by atoms with Crippen molar-refractivity contribution in [2.45, 2.75) is 26.5 Å². The second kappa shape index (κ2) is 4.39. The normalized spacial score (nSPS) is 13.2. The second-order valence-electron chi connectivity index (χ2n) is 3.74. The van der Waals surface area contributed by atoms with Crippen molar-refractivity contribution in [3.05, 3.63) is 23.4 Å². The number of aromatic nitrogens is 1. The summed E-state index contributed by atoms with van der Waals surface area (Å²) in [6, 6.07) is 1.75. The fourth-order valence-corrected chi connectivity index (χ4v) is 1.23. The second-order valence-corrected chi connectivity index (χ2v) is 3.74. The Hall–Kier alpha value is -1.13. The molecular formula is C10H17N3O. The van der Waals surface area contributed by atoms with Gasteiger partial charge < -0.3 is 16.6 Å². The van der Waals surface area contributed by atoms with Crippen LogP contribution in [-0.2, 0) is 6.61 Å². The number of pyridine rings is 1. The maximum Gasteiger partial charge on any atom is 0.128 e. The highest BCUT2D eigenvalue weighted by Gasteiger charge is 2.12. The van der Waals surface area contributed by atoms with Gasteiger partial charge in [0.15, 0.2) is 0 Å². The Morgan fingerprint density at radius 2 is 2.14 bits per heavy atom. The fourth-order valence-electron chi connectivity index (χ4n) is 1.23. The van der Waals surface area contributed by atoms with E-state index in [1.54, 1.807) is 6.20 Å². The molecule has 4 nitrogen and oxygen atoms in total. The van der Waals surface area contributed by atoms with Gasteiger partial charge in [-0.1, -0.05) is 13.8 Å². The van der Waals surface area contributed by atoms with E-state index in [-0.39, 0.29) is 12.6 Å². The van der Waals surface area contributed by atoms with Crippen molar-refractivity contribution in [3.63, 3.8) is 0 Å². The summed E-state index contributed by atoms with van der Waals surface area (Å²) >= 11 is 0. The first-order valence-corrected chi connectivity index (χ1v) is 4.67. The topological polar surface area (TPSA) is 85.2 Å². The lowest BCUT2D eigenvalue weighted by Crippen LogP contribution is -2.17. The van der Waals surface area contributed by atoms with Crippen LogP contribution in [0.4, 0.5) is 5.82 Å². The number of aliphatic hydroxyl groups is 1. The monoisotopic (exact) mass is 195 g/mol. The van der Waals surface area contributed by atoms with Crippen LogP contribution < -0.4 is 11.5 Å². The van der Waals surface area contributed by atoms with E-state index < -0.39 is 0 Å². The Bertz CT molecular complexity index is 312. The molecule has 0 fully saturated rings. The van der Waals surface area contributed by atoms with Crippen LogP contribution in [0.2, 0.25) is 0 Å². The third-order valence-corrected chi connectivity index (χ3v) is 2.30. The van der Waals surface area contributed by atoms with Gasteiger partial charge >= 0.3 is 0 Å². The molecule has 1 atom stereocenters. The molecular weight excluding hydrogens is 178 g/mol. The van der Waals surface area contributed by atoms with Crippen LogP contribution in [0.3, 0.4) is 0 Å². The van der Waals surface area contributed by atoms with Gasteiger partial charge in [-0.15, -0.1) is 0 Å². The van der Waals surface area contributed by atoms with Gasteiger partial charge in [0, 0.05) is 17.8 Å². The average molecular weight is 195 g/mol. The predicted molar refractivity (Wildman–Crippen MR) is 56.3 cm³/mol. The molecule has 0 bridgehead atoms. The van der Waals surface area contributed by atoms with E-state index in [9.17, 15) is 0 Å². The van der Waals surface area contributed by atoms with Crippen molar-refractivity contribution in [2.75, 3.05) is 5.73 Å². The van der Waals surface area contributed by atoms with Gasteiger partial charge in [0.1, 0.15) is 5.82 Å².